The summed E-state index contributed by atoms with van der Waals surface area (Å²) in [6, 6.07) is 8.65. The number of hydrogen-bond donors (Lipinski definition) is 2. The highest BCUT2D eigenvalue weighted by atomic mass is 35.5. The zero-order valence-electron chi connectivity index (χ0n) is 10.3. The quantitative estimate of drug-likeness (QED) is 0.852. The van der Waals surface area contributed by atoms with Gasteiger partial charge in [0.05, 0.1) is 5.56 Å². The highest BCUT2D eigenvalue weighted by Crippen LogP contribution is 2.22. The zero-order chi connectivity index (χ0) is 14.5. The van der Waals surface area contributed by atoms with Gasteiger partial charge in [0.15, 0.2) is 0 Å². The van der Waals surface area contributed by atoms with Gasteiger partial charge < -0.3 is 11.1 Å². The van der Waals surface area contributed by atoms with Gasteiger partial charge in [0.2, 0.25) is 5.91 Å². The maximum atomic E-state index is 11.8. The third-order valence-electron chi connectivity index (χ3n) is 2.46. The summed E-state index contributed by atoms with van der Waals surface area (Å²) in [7, 11) is 0. The van der Waals surface area contributed by atoms with Crippen molar-refractivity contribution in [2.45, 2.75) is 0 Å². The molecule has 0 bridgehead atoms. The van der Waals surface area contributed by atoms with Gasteiger partial charge in [0, 0.05) is 11.1 Å². The van der Waals surface area contributed by atoms with Crippen LogP contribution in [-0.4, -0.2) is 11.8 Å². The minimum absolute atomic E-state index is 0.309. The van der Waals surface area contributed by atoms with Crippen molar-refractivity contribution in [3.8, 4) is 0 Å². The second-order valence-corrected chi connectivity index (χ2v) is 5.25. The molecule has 1 heterocycles. The number of nitrogens with one attached hydrogen (secondary N) is 1. The first-order valence-corrected chi connectivity index (χ1v) is 6.94. The fourth-order valence-corrected chi connectivity index (χ4v) is 2.42. The van der Waals surface area contributed by atoms with E-state index in [2.05, 4.69) is 5.32 Å². The molecule has 0 saturated heterocycles. The van der Waals surface area contributed by atoms with Crippen LogP contribution in [0.4, 0.5) is 5.00 Å². The maximum absolute atomic E-state index is 11.8. The standard InChI is InChI=1S/C14H11ClN2O2S/c15-10-4-1-9(2-5-10)3-6-12(18)17-14-11(13(16)19)7-8-20-14/h1-8H,(H2,16,19)(H,17,18)/b6-3+. The monoisotopic (exact) mass is 306 g/mol. The Labute approximate surface area is 124 Å². The molecule has 2 rings (SSSR count). The lowest BCUT2D eigenvalue weighted by atomic mass is 10.2. The molecular formula is C14H11ClN2O2S. The van der Waals surface area contributed by atoms with Crippen LogP contribution in [-0.2, 0) is 4.79 Å². The molecule has 0 spiro atoms. The van der Waals surface area contributed by atoms with Crippen molar-refractivity contribution in [3.63, 3.8) is 0 Å². The van der Waals surface area contributed by atoms with E-state index >= 15 is 0 Å². The molecule has 2 aromatic rings. The number of benzene rings is 1. The molecule has 0 unspecified atom stereocenters. The number of carbonyl (C=O) groups is 2. The molecule has 1 aromatic carbocycles. The Morgan fingerprint density at radius 1 is 1.20 bits per heavy atom. The van der Waals surface area contributed by atoms with Gasteiger partial charge in [-0.25, -0.2) is 0 Å². The lowest BCUT2D eigenvalue weighted by Crippen LogP contribution is -2.14. The highest BCUT2D eigenvalue weighted by Gasteiger charge is 2.10. The van der Waals surface area contributed by atoms with Gasteiger partial charge >= 0.3 is 0 Å². The molecule has 2 amide bonds. The zero-order valence-corrected chi connectivity index (χ0v) is 11.9. The Hall–Kier alpha value is -2.11. The molecule has 3 N–H and O–H groups in total. The van der Waals surface area contributed by atoms with E-state index < -0.39 is 5.91 Å². The predicted octanol–water partition coefficient (Wildman–Crippen LogP) is 3.15. The van der Waals surface area contributed by atoms with E-state index in [1.807, 2.05) is 0 Å². The number of anilines is 1. The summed E-state index contributed by atoms with van der Waals surface area (Å²) in [6.45, 7) is 0. The molecular weight excluding hydrogens is 296 g/mol. The second-order valence-electron chi connectivity index (χ2n) is 3.90. The molecule has 1 aromatic heterocycles. The van der Waals surface area contributed by atoms with Gasteiger partial charge in [-0.3, -0.25) is 9.59 Å². The number of carbonyl (C=O) groups excluding carboxylic acids is 2. The van der Waals surface area contributed by atoms with Crippen LogP contribution in [0.1, 0.15) is 15.9 Å². The summed E-state index contributed by atoms with van der Waals surface area (Å²) in [5.74, 6) is -0.895. The molecule has 20 heavy (non-hydrogen) atoms. The van der Waals surface area contributed by atoms with Crippen molar-refractivity contribution in [2.75, 3.05) is 5.32 Å². The van der Waals surface area contributed by atoms with Crippen LogP contribution in [0.2, 0.25) is 5.02 Å². The first-order chi connectivity index (χ1) is 9.56. The van der Waals surface area contributed by atoms with E-state index in [9.17, 15) is 9.59 Å². The van der Waals surface area contributed by atoms with Crippen LogP contribution >= 0.6 is 22.9 Å². The van der Waals surface area contributed by atoms with Crippen LogP contribution in [0.5, 0.6) is 0 Å². The predicted molar refractivity (Wildman–Crippen MR) is 82.0 cm³/mol. The van der Waals surface area contributed by atoms with E-state index in [-0.39, 0.29) is 5.91 Å². The second kappa shape index (κ2) is 6.36. The largest absolute Gasteiger partial charge is 0.366 e. The summed E-state index contributed by atoms with van der Waals surface area (Å²) in [6.07, 6.45) is 3.04. The summed E-state index contributed by atoms with van der Waals surface area (Å²) in [4.78, 5) is 22.9. The topological polar surface area (TPSA) is 72.2 Å². The lowest BCUT2D eigenvalue weighted by Gasteiger charge is -2.00. The Bertz CT molecular complexity index is 662. The number of halogens is 1. The average molecular weight is 307 g/mol. The summed E-state index contributed by atoms with van der Waals surface area (Å²) in [5.41, 5.74) is 6.36. The Kier molecular flexibility index (Phi) is 4.55. The van der Waals surface area contributed by atoms with Crippen molar-refractivity contribution in [3.05, 3.63) is 57.9 Å². The molecule has 0 aliphatic carbocycles. The van der Waals surface area contributed by atoms with Gasteiger partial charge in [-0.05, 0) is 35.2 Å². The molecule has 0 radical (unpaired) electrons. The number of thiophene rings is 1. The van der Waals surface area contributed by atoms with Crippen LogP contribution in [0, 0.1) is 0 Å². The fourth-order valence-electron chi connectivity index (χ4n) is 1.50. The van der Waals surface area contributed by atoms with Gasteiger partial charge in [-0.2, -0.15) is 0 Å². The van der Waals surface area contributed by atoms with Crippen molar-refractivity contribution in [1.29, 1.82) is 0 Å². The lowest BCUT2D eigenvalue weighted by molar-refractivity contribution is -0.111. The van der Waals surface area contributed by atoms with Crippen molar-refractivity contribution >= 4 is 45.8 Å². The van der Waals surface area contributed by atoms with Crippen molar-refractivity contribution in [1.82, 2.24) is 0 Å². The number of primary amides is 1. The van der Waals surface area contributed by atoms with Crippen LogP contribution < -0.4 is 11.1 Å². The number of nitrogens with two attached hydrogens (primary N) is 1. The summed E-state index contributed by atoms with van der Waals surface area (Å²) < 4.78 is 0. The summed E-state index contributed by atoms with van der Waals surface area (Å²) >= 11 is 7.02. The summed E-state index contributed by atoms with van der Waals surface area (Å²) in [5, 5.41) is 5.40. The third-order valence-corrected chi connectivity index (χ3v) is 3.55. The Morgan fingerprint density at radius 3 is 2.55 bits per heavy atom. The normalized spacial score (nSPS) is 10.7. The van der Waals surface area contributed by atoms with E-state index in [0.717, 1.165) is 5.56 Å². The van der Waals surface area contributed by atoms with Gasteiger partial charge in [0.25, 0.3) is 5.91 Å². The number of rotatable bonds is 4. The van der Waals surface area contributed by atoms with Crippen molar-refractivity contribution in [2.24, 2.45) is 5.73 Å². The van der Waals surface area contributed by atoms with E-state index in [4.69, 9.17) is 17.3 Å². The highest BCUT2D eigenvalue weighted by molar-refractivity contribution is 7.14. The molecule has 4 nitrogen and oxygen atoms in total. The number of amides is 2. The molecule has 0 atom stereocenters. The fraction of sp³-hybridized carbons (Fsp3) is 0. The molecule has 102 valence electrons. The minimum Gasteiger partial charge on any atom is -0.366 e. The van der Waals surface area contributed by atoms with Gasteiger partial charge in [-0.1, -0.05) is 23.7 Å². The Morgan fingerprint density at radius 2 is 1.90 bits per heavy atom. The maximum Gasteiger partial charge on any atom is 0.251 e. The van der Waals surface area contributed by atoms with Crippen LogP contribution in [0.3, 0.4) is 0 Å². The van der Waals surface area contributed by atoms with Gasteiger partial charge in [-0.15, -0.1) is 11.3 Å². The van der Waals surface area contributed by atoms with E-state index in [0.29, 0.717) is 15.6 Å². The van der Waals surface area contributed by atoms with E-state index in [1.54, 1.807) is 41.8 Å². The smallest absolute Gasteiger partial charge is 0.251 e. The molecule has 0 fully saturated rings. The molecule has 0 saturated carbocycles. The van der Waals surface area contributed by atoms with Gasteiger partial charge in [0.1, 0.15) is 5.00 Å². The van der Waals surface area contributed by atoms with E-state index in [1.165, 1.54) is 17.4 Å². The SMILES string of the molecule is NC(=O)c1ccsc1NC(=O)/C=C/c1ccc(Cl)cc1. The molecule has 0 aliphatic rings. The van der Waals surface area contributed by atoms with Crippen molar-refractivity contribution < 1.29 is 9.59 Å². The first kappa shape index (κ1) is 14.3. The molecule has 0 aliphatic heterocycles. The third kappa shape index (κ3) is 3.69. The average Bonchev–Trinajstić information content (AvgIpc) is 2.86. The van der Waals surface area contributed by atoms with Crippen LogP contribution in [0.25, 0.3) is 6.08 Å². The first-order valence-electron chi connectivity index (χ1n) is 5.68. The van der Waals surface area contributed by atoms with Crippen LogP contribution in [0.15, 0.2) is 41.8 Å². The number of hydrogen-bond acceptors (Lipinski definition) is 3. The molecule has 6 heteroatoms. The Balaban J connectivity index is 2.03. The minimum atomic E-state index is -0.566.